The summed E-state index contributed by atoms with van der Waals surface area (Å²) < 4.78 is 14.6. The number of benzene rings is 1. The minimum atomic E-state index is -0.577. The highest BCUT2D eigenvalue weighted by atomic mass is 19.1. The van der Waals surface area contributed by atoms with Gasteiger partial charge in [-0.1, -0.05) is 6.07 Å². The molecule has 2 N–H and O–H groups in total. The van der Waals surface area contributed by atoms with E-state index in [1.165, 1.54) is 6.07 Å². The Labute approximate surface area is 192 Å². The van der Waals surface area contributed by atoms with Gasteiger partial charge in [0.1, 0.15) is 5.82 Å². The number of aromatic amines is 1. The molecule has 2 saturated heterocycles. The van der Waals surface area contributed by atoms with Crippen LogP contribution < -0.4 is 10.9 Å². The quantitative estimate of drug-likeness (QED) is 0.729. The van der Waals surface area contributed by atoms with Crippen molar-refractivity contribution in [1.29, 1.82) is 0 Å². The molecule has 2 aliphatic rings. The van der Waals surface area contributed by atoms with Gasteiger partial charge < -0.3 is 15.1 Å². The molecule has 176 valence electrons. The predicted molar refractivity (Wildman–Crippen MR) is 122 cm³/mol. The Kier molecular flexibility index (Phi) is 6.34. The van der Waals surface area contributed by atoms with Crippen molar-refractivity contribution in [3.05, 3.63) is 62.3 Å². The van der Waals surface area contributed by atoms with Gasteiger partial charge in [-0.15, -0.1) is 0 Å². The Morgan fingerprint density at radius 2 is 1.82 bits per heavy atom. The van der Waals surface area contributed by atoms with Crippen molar-refractivity contribution in [2.45, 2.75) is 45.6 Å². The number of piperazine rings is 1. The highest BCUT2D eigenvalue weighted by molar-refractivity contribution is 5.95. The van der Waals surface area contributed by atoms with Crippen molar-refractivity contribution < 1.29 is 14.0 Å². The maximum absolute atomic E-state index is 14.6. The van der Waals surface area contributed by atoms with Gasteiger partial charge in [0, 0.05) is 38.2 Å². The zero-order valence-electron chi connectivity index (χ0n) is 19.3. The van der Waals surface area contributed by atoms with E-state index in [4.69, 9.17) is 0 Å². The lowest BCUT2D eigenvalue weighted by atomic mass is 9.98. The summed E-state index contributed by atoms with van der Waals surface area (Å²) in [6, 6.07) is 4.47. The second kappa shape index (κ2) is 9.05. The van der Waals surface area contributed by atoms with E-state index >= 15 is 0 Å². The van der Waals surface area contributed by atoms with E-state index in [1.54, 1.807) is 28.9 Å². The average molecular weight is 456 g/mol. The van der Waals surface area contributed by atoms with Crippen molar-refractivity contribution in [3.8, 4) is 0 Å². The molecule has 0 spiro atoms. The molecule has 2 fully saturated rings. The summed E-state index contributed by atoms with van der Waals surface area (Å²) in [5.74, 6) is -0.888. The average Bonchev–Trinajstić information content (AvgIpc) is 3.27. The largest absolute Gasteiger partial charge is 0.338 e. The second-order valence-corrected chi connectivity index (χ2v) is 9.19. The SMILES string of the molecule is Cc1c(Cc2ccc(F)c(C(=O)N3CCN(C(=O)[C@]4(C)CCCN4)CC3)c2)n[nH]c(=O)c1C. The van der Waals surface area contributed by atoms with E-state index in [-0.39, 0.29) is 22.9 Å². The summed E-state index contributed by atoms with van der Waals surface area (Å²) >= 11 is 0. The number of nitrogens with zero attached hydrogens (tertiary/aromatic N) is 3. The molecule has 0 bridgehead atoms. The van der Waals surface area contributed by atoms with Gasteiger partial charge in [0.05, 0.1) is 16.8 Å². The van der Waals surface area contributed by atoms with E-state index in [1.807, 2.05) is 13.8 Å². The lowest BCUT2D eigenvalue weighted by Gasteiger charge is -2.38. The first-order valence-corrected chi connectivity index (χ1v) is 11.4. The number of halogens is 1. The number of nitrogens with one attached hydrogen (secondary N) is 2. The van der Waals surface area contributed by atoms with Gasteiger partial charge in [0.25, 0.3) is 11.5 Å². The van der Waals surface area contributed by atoms with Crippen LogP contribution in [0.25, 0.3) is 0 Å². The zero-order valence-corrected chi connectivity index (χ0v) is 19.3. The number of carbonyl (C=O) groups excluding carboxylic acids is 2. The maximum atomic E-state index is 14.6. The molecule has 0 aliphatic carbocycles. The maximum Gasteiger partial charge on any atom is 0.267 e. The third kappa shape index (κ3) is 4.55. The zero-order chi connectivity index (χ0) is 23.8. The number of H-pyrrole nitrogens is 1. The Bertz CT molecular complexity index is 1130. The molecule has 3 heterocycles. The van der Waals surface area contributed by atoms with E-state index in [0.717, 1.165) is 30.5 Å². The van der Waals surface area contributed by atoms with Crippen LogP contribution in [-0.2, 0) is 11.2 Å². The van der Waals surface area contributed by atoms with Crippen LogP contribution in [-0.4, -0.2) is 70.1 Å². The standard InChI is InChI=1S/C24H30FN5O3/c1-15-16(2)21(31)28-27-20(15)14-17-5-6-19(25)18(13-17)22(32)29-9-11-30(12-10-29)23(33)24(3)7-4-8-26-24/h5-6,13,26H,4,7-12,14H2,1-3H3,(H,28,31)/t24-/m0/s1. The molecule has 4 rings (SSSR count). The van der Waals surface area contributed by atoms with Crippen LogP contribution in [0.15, 0.2) is 23.0 Å². The number of amides is 2. The van der Waals surface area contributed by atoms with Crippen molar-refractivity contribution in [3.63, 3.8) is 0 Å². The van der Waals surface area contributed by atoms with Crippen LogP contribution in [0.3, 0.4) is 0 Å². The van der Waals surface area contributed by atoms with Crippen LogP contribution in [0.1, 0.15) is 52.5 Å². The first-order chi connectivity index (χ1) is 15.7. The Morgan fingerprint density at radius 3 is 2.48 bits per heavy atom. The smallest absolute Gasteiger partial charge is 0.267 e. The number of rotatable bonds is 4. The minimum Gasteiger partial charge on any atom is -0.338 e. The number of hydrogen-bond acceptors (Lipinski definition) is 5. The molecule has 0 unspecified atom stereocenters. The summed E-state index contributed by atoms with van der Waals surface area (Å²) in [5.41, 5.74) is 2.03. The van der Waals surface area contributed by atoms with Gasteiger partial charge in [-0.05, 0) is 63.4 Å². The van der Waals surface area contributed by atoms with Gasteiger partial charge in [-0.25, -0.2) is 9.49 Å². The molecule has 2 aliphatic heterocycles. The van der Waals surface area contributed by atoms with Crippen molar-refractivity contribution in [1.82, 2.24) is 25.3 Å². The normalized spacial score (nSPS) is 20.8. The minimum absolute atomic E-state index is 0.00972. The molecule has 2 amide bonds. The monoisotopic (exact) mass is 455 g/mol. The first-order valence-electron chi connectivity index (χ1n) is 11.4. The summed E-state index contributed by atoms with van der Waals surface area (Å²) in [4.78, 5) is 41.1. The van der Waals surface area contributed by atoms with Crippen molar-refractivity contribution in [2.75, 3.05) is 32.7 Å². The summed E-state index contributed by atoms with van der Waals surface area (Å²) in [6.45, 7) is 7.92. The lowest BCUT2D eigenvalue weighted by Crippen LogP contribution is -2.58. The molecule has 1 atom stereocenters. The van der Waals surface area contributed by atoms with Gasteiger partial charge in [-0.2, -0.15) is 5.10 Å². The molecule has 9 heteroatoms. The fraction of sp³-hybridized carbons (Fsp3) is 0.500. The van der Waals surface area contributed by atoms with E-state index in [9.17, 15) is 18.8 Å². The Morgan fingerprint density at radius 1 is 1.12 bits per heavy atom. The Hall–Kier alpha value is -3.07. The van der Waals surface area contributed by atoms with Gasteiger partial charge >= 0.3 is 0 Å². The van der Waals surface area contributed by atoms with Gasteiger partial charge in [-0.3, -0.25) is 14.4 Å². The predicted octanol–water partition coefficient (Wildman–Crippen LogP) is 1.54. The van der Waals surface area contributed by atoms with E-state index in [2.05, 4.69) is 15.5 Å². The number of aromatic nitrogens is 2. The topological polar surface area (TPSA) is 98.4 Å². The third-order valence-electron chi connectivity index (χ3n) is 6.96. The highest BCUT2D eigenvalue weighted by Gasteiger charge is 2.40. The summed E-state index contributed by atoms with van der Waals surface area (Å²) in [6.07, 6.45) is 2.16. The van der Waals surface area contributed by atoms with Gasteiger partial charge in [0.2, 0.25) is 5.91 Å². The summed E-state index contributed by atoms with van der Waals surface area (Å²) in [5, 5.41) is 9.88. The first kappa shape index (κ1) is 23.1. The third-order valence-corrected chi connectivity index (χ3v) is 6.96. The van der Waals surface area contributed by atoms with Crippen molar-refractivity contribution in [2.24, 2.45) is 0 Å². The van der Waals surface area contributed by atoms with Gasteiger partial charge in [0.15, 0.2) is 0 Å². The fourth-order valence-electron chi connectivity index (χ4n) is 4.59. The fourth-order valence-corrected chi connectivity index (χ4v) is 4.59. The van der Waals surface area contributed by atoms with E-state index in [0.29, 0.717) is 43.9 Å². The van der Waals surface area contributed by atoms with Crippen LogP contribution in [0.2, 0.25) is 0 Å². The number of carbonyl (C=O) groups is 2. The van der Waals surface area contributed by atoms with Crippen LogP contribution in [0.4, 0.5) is 4.39 Å². The van der Waals surface area contributed by atoms with Crippen LogP contribution >= 0.6 is 0 Å². The number of hydrogen-bond donors (Lipinski definition) is 2. The van der Waals surface area contributed by atoms with E-state index < -0.39 is 11.4 Å². The molecule has 0 radical (unpaired) electrons. The highest BCUT2D eigenvalue weighted by Crippen LogP contribution is 2.23. The van der Waals surface area contributed by atoms with Crippen LogP contribution in [0.5, 0.6) is 0 Å². The molecule has 1 aromatic heterocycles. The molecule has 8 nitrogen and oxygen atoms in total. The molecule has 0 saturated carbocycles. The van der Waals surface area contributed by atoms with Crippen LogP contribution in [0, 0.1) is 19.7 Å². The molecule has 33 heavy (non-hydrogen) atoms. The summed E-state index contributed by atoms with van der Waals surface area (Å²) in [7, 11) is 0. The second-order valence-electron chi connectivity index (χ2n) is 9.19. The molecule has 1 aromatic carbocycles. The van der Waals surface area contributed by atoms with Crippen molar-refractivity contribution >= 4 is 11.8 Å². The lowest BCUT2D eigenvalue weighted by molar-refractivity contribution is -0.138. The molecular weight excluding hydrogens is 425 g/mol. The molecular formula is C24H30FN5O3. The Balaban J connectivity index is 1.45. The molecule has 2 aromatic rings.